The highest BCUT2D eigenvalue weighted by Crippen LogP contribution is 2.41. The summed E-state index contributed by atoms with van der Waals surface area (Å²) in [5.74, 6) is 0.729. The van der Waals surface area contributed by atoms with Crippen LogP contribution in [0, 0.1) is 0 Å². The highest BCUT2D eigenvalue weighted by atomic mass is 79.9. The molecule has 0 heterocycles. The van der Waals surface area contributed by atoms with Gasteiger partial charge in [0.2, 0.25) is 0 Å². The van der Waals surface area contributed by atoms with Crippen LogP contribution in [0.4, 0.5) is 5.69 Å². The molecule has 1 fully saturated rings. The molecule has 2 aromatic carbocycles. The van der Waals surface area contributed by atoms with Gasteiger partial charge in [0.25, 0.3) is 0 Å². The Balaban J connectivity index is 1.61. The zero-order valence-electron chi connectivity index (χ0n) is 10.8. The molecule has 0 bridgehead atoms. The topological polar surface area (TPSA) is 32.3 Å². The first-order valence-electron chi connectivity index (χ1n) is 6.63. The number of hydrogen-bond donors (Lipinski definition) is 2. The highest BCUT2D eigenvalue weighted by molar-refractivity contribution is 9.10. The zero-order valence-corrected chi connectivity index (χ0v) is 13.2. The number of anilines is 1. The van der Waals surface area contributed by atoms with Crippen molar-refractivity contribution in [3.63, 3.8) is 0 Å². The second-order valence-electron chi connectivity index (χ2n) is 5.20. The summed E-state index contributed by atoms with van der Waals surface area (Å²) in [5.41, 5.74) is 2.35. The first-order valence-corrected chi connectivity index (χ1v) is 7.80. The predicted octanol–water partition coefficient (Wildman–Crippen LogP) is 5.17. The molecule has 2 nitrogen and oxygen atoms in total. The fourth-order valence-corrected chi connectivity index (χ4v) is 3.42. The Bertz CT molecular complexity index is 626. The van der Waals surface area contributed by atoms with Gasteiger partial charge >= 0.3 is 0 Å². The Morgan fingerprint density at radius 2 is 1.90 bits per heavy atom. The maximum absolute atomic E-state index is 9.41. The molecular formula is C16H15BrClNO. The van der Waals surface area contributed by atoms with Crippen molar-refractivity contribution in [3.8, 4) is 5.75 Å². The first kappa shape index (κ1) is 13.8. The van der Waals surface area contributed by atoms with Crippen LogP contribution >= 0.6 is 27.5 Å². The summed E-state index contributed by atoms with van der Waals surface area (Å²) in [6.07, 6.45) is 2.22. The zero-order chi connectivity index (χ0) is 14.1. The van der Waals surface area contributed by atoms with Crippen molar-refractivity contribution < 1.29 is 5.11 Å². The van der Waals surface area contributed by atoms with Gasteiger partial charge in [0.05, 0.1) is 5.02 Å². The molecule has 0 unspecified atom stereocenters. The van der Waals surface area contributed by atoms with E-state index in [0.717, 1.165) is 18.5 Å². The Morgan fingerprint density at radius 1 is 1.15 bits per heavy atom. The minimum absolute atomic E-state index is 0.122. The molecule has 0 atom stereocenters. The van der Waals surface area contributed by atoms with Gasteiger partial charge in [-0.2, -0.15) is 0 Å². The summed E-state index contributed by atoms with van der Waals surface area (Å²) >= 11 is 9.52. The Labute approximate surface area is 131 Å². The normalized spacial score (nSPS) is 21.3. The third-order valence-electron chi connectivity index (χ3n) is 3.80. The molecule has 1 aliphatic rings. The van der Waals surface area contributed by atoms with Crippen molar-refractivity contribution in [1.82, 2.24) is 0 Å². The molecule has 0 aliphatic heterocycles. The lowest BCUT2D eigenvalue weighted by Gasteiger charge is -2.37. The molecule has 20 heavy (non-hydrogen) atoms. The van der Waals surface area contributed by atoms with Crippen LogP contribution in [0.25, 0.3) is 0 Å². The van der Waals surface area contributed by atoms with Crippen LogP contribution in [0.2, 0.25) is 5.02 Å². The van der Waals surface area contributed by atoms with Crippen molar-refractivity contribution in [2.75, 3.05) is 5.32 Å². The monoisotopic (exact) mass is 351 g/mol. The second-order valence-corrected chi connectivity index (χ2v) is 6.46. The van der Waals surface area contributed by atoms with Gasteiger partial charge in [-0.25, -0.2) is 0 Å². The maximum Gasteiger partial charge on any atom is 0.134 e. The molecule has 1 saturated carbocycles. The molecule has 0 spiro atoms. The molecule has 2 N–H and O–H groups in total. The number of aromatic hydroxyl groups is 1. The average molecular weight is 353 g/mol. The maximum atomic E-state index is 9.41. The quantitative estimate of drug-likeness (QED) is 0.747. The lowest BCUT2D eigenvalue weighted by atomic mass is 9.76. The molecule has 4 heteroatoms. The van der Waals surface area contributed by atoms with Gasteiger partial charge in [-0.15, -0.1) is 0 Å². The number of halogens is 2. The fourth-order valence-electron chi connectivity index (χ4n) is 2.63. The van der Waals surface area contributed by atoms with E-state index < -0.39 is 0 Å². The van der Waals surface area contributed by atoms with Crippen molar-refractivity contribution in [3.05, 3.63) is 57.5 Å². The van der Waals surface area contributed by atoms with E-state index in [1.807, 2.05) is 12.1 Å². The predicted molar refractivity (Wildman–Crippen MR) is 86.6 cm³/mol. The molecule has 0 saturated heterocycles. The molecule has 1 aliphatic carbocycles. The first-order chi connectivity index (χ1) is 9.63. The standard InChI is InChI=1S/C16H15BrClNO/c17-14-4-2-1-3-13(14)10-7-12(8-10)19-11-5-6-16(20)15(18)9-11/h1-6,9-10,12,19-20H,7-8H2. The van der Waals surface area contributed by atoms with Crippen LogP contribution in [0.15, 0.2) is 46.9 Å². The van der Waals surface area contributed by atoms with E-state index in [1.165, 1.54) is 10.0 Å². The fraction of sp³-hybridized carbons (Fsp3) is 0.250. The molecule has 104 valence electrons. The van der Waals surface area contributed by atoms with E-state index in [0.29, 0.717) is 17.0 Å². The lowest BCUT2D eigenvalue weighted by Crippen LogP contribution is -2.34. The highest BCUT2D eigenvalue weighted by Gasteiger charge is 2.31. The molecule has 0 amide bonds. The van der Waals surface area contributed by atoms with Crippen molar-refractivity contribution >= 4 is 33.2 Å². The number of hydrogen-bond acceptors (Lipinski definition) is 2. The summed E-state index contributed by atoms with van der Waals surface area (Å²) in [6.45, 7) is 0. The minimum Gasteiger partial charge on any atom is -0.506 e. The van der Waals surface area contributed by atoms with Crippen molar-refractivity contribution in [2.24, 2.45) is 0 Å². The largest absolute Gasteiger partial charge is 0.506 e. The van der Waals surface area contributed by atoms with Crippen LogP contribution < -0.4 is 5.32 Å². The Morgan fingerprint density at radius 3 is 2.60 bits per heavy atom. The summed E-state index contributed by atoms with van der Waals surface area (Å²) in [7, 11) is 0. The van der Waals surface area contributed by atoms with Gasteiger partial charge in [-0.3, -0.25) is 0 Å². The summed E-state index contributed by atoms with van der Waals surface area (Å²) < 4.78 is 1.19. The number of phenols is 1. The van der Waals surface area contributed by atoms with Gasteiger partial charge in [0, 0.05) is 16.2 Å². The second kappa shape index (κ2) is 5.66. The van der Waals surface area contributed by atoms with E-state index in [1.54, 1.807) is 12.1 Å². The van der Waals surface area contributed by atoms with Crippen molar-refractivity contribution in [1.29, 1.82) is 0 Å². The van der Waals surface area contributed by atoms with Crippen LogP contribution in [0.3, 0.4) is 0 Å². The van der Waals surface area contributed by atoms with Crippen molar-refractivity contribution in [2.45, 2.75) is 24.8 Å². The van der Waals surface area contributed by atoms with Gasteiger partial charge < -0.3 is 10.4 Å². The van der Waals surface area contributed by atoms with Crippen LogP contribution in [-0.2, 0) is 0 Å². The number of phenolic OH excluding ortho intramolecular Hbond substituents is 1. The van der Waals surface area contributed by atoms with Gasteiger partial charge in [0.15, 0.2) is 0 Å². The van der Waals surface area contributed by atoms with Gasteiger partial charge in [-0.1, -0.05) is 45.7 Å². The third kappa shape index (κ3) is 2.79. The third-order valence-corrected chi connectivity index (χ3v) is 4.83. The Kier molecular flexibility index (Phi) is 3.90. The summed E-state index contributed by atoms with van der Waals surface area (Å²) in [4.78, 5) is 0. The molecule has 2 aromatic rings. The van der Waals surface area contributed by atoms with E-state index in [4.69, 9.17) is 11.6 Å². The molecule has 3 rings (SSSR count). The number of nitrogens with one attached hydrogen (secondary N) is 1. The van der Waals surface area contributed by atoms with E-state index in [2.05, 4.69) is 39.4 Å². The Hall–Kier alpha value is -1.19. The van der Waals surface area contributed by atoms with E-state index in [9.17, 15) is 5.11 Å². The smallest absolute Gasteiger partial charge is 0.134 e. The summed E-state index contributed by atoms with van der Waals surface area (Å²) in [5, 5.41) is 13.2. The number of rotatable bonds is 3. The minimum atomic E-state index is 0.122. The van der Waals surface area contributed by atoms with Gasteiger partial charge in [0.1, 0.15) is 5.75 Å². The van der Waals surface area contributed by atoms with E-state index in [-0.39, 0.29) is 5.75 Å². The SMILES string of the molecule is Oc1ccc(NC2CC(c3ccccc3Br)C2)cc1Cl. The molecule has 0 aromatic heterocycles. The summed E-state index contributed by atoms with van der Waals surface area (Å²) in [6, 6.07) is 14.1. The molecule has 0 radical (unpaired) electrons. The average Bonchev–Trinajstić information content (AvgIpc) is 2.39. The van der Waals surface area contributed by atoms with E-state index >= 15 is 0 Å². The van der Waals surface area contributed by atoms with Crippen LogP contribution in [0.5, 0.6) is 5.75 Å². The lowest BCUT2D eigenvalue weighted by molar-refractivity contribution is 0.373. The van der Waals surface area contributed by atoms with Crippen LogP contribution in [0.1, 0.15) is 24.3 Å². The molecular weight excluding hydrogens is 338 g/mol. The van der Waals surface area contributed by atoms with Gasteiger partial charge in [-0.05, 0) is 48.6 Å². The number of benzene rings is 2. The van der Waals surface area contributed by atoms with Crippen LogP contribution in [-0.4, -0.2) is 11.1 Å².